The first-order valence-electron chi connectivity index (χ1n) is 3.28. The van der Waals surface area contributed by atoms with Crippen molar-refractivity contribution >= 4 is 5.57 Å². The topological polar surface area (TPSA) is 0 Å². The highest BCUT2D eigenvalue weighted by Gasteiger charge is 1.94. The molecular formula is C10H11. The Balaban J connectivity index is 3.15. The molecule has 1 aromatic carbocycles. The van der Waals surface area contributed by atoms with E-state index in [4.69, 9.17) is 0 Å². The van der Waals surface area contributed by atoms with Crippen LogP contribution in [0.1, 0.15) is 18.1 Å². The van der Waals surface area contributed by atoms with Crippen LogP contribution < -0.4 is 0 Å². The minimum atomic E-state index is 1.05. The van der Waals surface area contributed by atoms with Crippen LogP contribution in [-0.2, 0) is 0 Å². The summed E-state index contributed by atoms with van der Waals surface area (Å²) in [6.45, 7) is 9.72. The molecule has 0 aromatic heterocycles. The maximum absolute atomic E-state index is 3.88. The lowest BCUT2D eigenvalue weighted by molar-refractivity contribution is 1.51. The zero-order valence-corrected chi connectivity index (χ0v) is 6.22. The van der Waals surface area contributed by atoms with E-state index in [-0.39, 0.29) is 0 Å². The smallest absolute Gasteiger partial charge is 0.0201 e. The van der Waals surface area contributed by atoms with E-state index in [1.54, 1.807) is 0 Å². The molecule has 0 nitrogen and oxygen atoms in total. The predicted molar refractivity (Wildman–Crippen MR) is 45.6 cm³/mol. The van der Waals surface area contributed by atoms with Crippen molar-refractivity contribution in [3.8, 4) is 0 Å². The molecule has 0 fully saturated rings. The van der Waals surface area contributed by atoms with Crippen molar-refractivity contribution in [2.45, 2.75) is 6.92 Å². The van der Waals surface area contributed by atoms with Gasteiger partial charge in [-0.05, 0) is 25.0 Å². The summed E-state index contributed by atoms with van der Waals surface area (Å²) < 4.78 is 0. The number of rotatable bonds is 1. The molecule has 0 bridgehead atoms. The van der Waals surface area contributed by atoms with Gasteiger partial charge in [0.15, 0.2) is 0 Å². The molecule has 0 aliphatic carbocycles. The molecule has 0 atom stereocenters. The highest BCUT2D eigenvalue weighted by molar-refractivity contribution is 5.64. The third kappa shape index (κ3) is 1.27. The average molecular weight is 131 g/mol. The maximum atomic E-state index is 3.88. The Hall–Kier alpha value is -1.04. The van der Waals surface area contributed by atoms with Gasteiger partial charge in [0.25, 0.3) is 0 Å². The maximum Gasteiger partial charge on any atom is -0.0201 e. The number of hydrogen-bond acceptors (Lipinski definition) is 0. The van der Waals surface area contributed by atoms with Gasteiger partial charge in [0, 0.05) is 0 Å². The van der Waals surface area contributed by atoms with Crippen molar-refractivity contribution in [3.63, 3.8) is 0 Å². The lowest BCUT2D eigenvalue weighted by Crippen LogP contribution is -1.81. The Kier molecular flexibility index (Phi) is 1.91. The van der Waals surface area contributed by atoms with Crippen molar-refractivity contribution < 1.29 is 0 Å². The second-order valence-corrected chi connectivity index (χ2v) is 2.44. The van der Waals surface area contributed by atoms with Gasteiger partial charge in [-0.25, -0.2) is 0 Å². The van der Waals surface area contributed by atoms with Gasteiger partial charge in [-0.1, -0.05) is 36.4 Å². The van der Waals surface area contributed by atoms with E-state index in [0.717, 1.165) is 16.7 Å². The summed E-state index contributed by atoms with van der Waals surface area (Å²) in [6.07, 6.45) is 0. The van der Waals surface area contributed by atoms with Crippen LogP contribution >= 0.6 is 0 Å². The third-order valence-corrected chi connectivity index (χ3v) is 1.48. The third-order valence-electron chi connectivity index (χ3n) is 1.48. The minimum absolute atomic E-state index is 1.05. The highest BCUT2D eigenvalue weighted by atomic mass is 14.0. The normalized spacial score (nSPS) is 9.40. The molecular weight excluding hydrogens is 120 g/mol. The summed E-state index contributed by atoms with van der Waals surface area (Å²) in [4.78, 5) is 0. The van der Waals surface area contributed by atoms with Crippen LogP contribution in [0.4, 0.5) is 0 Å². The van der Waals surface area contributed by atoms with E-state index in [1.165, 1.54) is 0 Å². The summed E-state index contributed by atoms with van der Waals surface area (Å²) >= 11 is 0. The fraction of sp³-hybridized carbons (Fsp3) is 0.100. The second-order valence-electron chi connectivity index (χ2n) is 2.44. The highest BCUT2D eigenvalue weighted by Crippen LogP contribution is 2.14. The Morgan fingerprint density at radius 2 is 1.90 bits per heavy atom. The van der Waals surface area contributed by atoms with Gasteiger partial charge in [0.2, 0.25) is 0 Å². The summed E-state index contributed by atoms with van der Waals surface area (Å²) in [6, 6.07) is 8.00. The minimum Gasteiger partial charge on any atom is -0.0955 e. The van der Waals surface area contributed by atoms with Gasteiger partial charge in [-0.2, -0.15) is 0 Å². The van der Waals surface area contributed by atoms with E-state index in [0.29, 0.717) is 0 Å². The number of allylic oxidation sites excluding steroid dienone is 1. The van der Waals surface area contributed by atoms with Crippen molar-refractivity contribution in [3.05, 3.63) is 48.9 Å². The van der Waals surface area contributed by atoms with Crippen LogP contribution in [-0.4, -0.2) is 0 Å². The molecule has 0 amide bonds. The van der Waals surface area contributed by atoms with Crippen LogP contribution in [0.25, 0.3) is 5.57 Å². The van der Waals surface area contributed by atoms with Crippen LogP contribution in [0.2, 0.25) is 0 Å². The molecule has 1 radical (unpaired) electrons. The fourth-order valence-electron chi connectivity index (χ4n) is 0.937. The molecule has 0 saturated heterocycles. The largest absolute Gasteiger partial charge is 0.0955 e. The van der Waals surface area contributed by atoms with Gasteiger partial charge in [-0.3, -0.25) is 0 Å². The van der Waals surface area contributed by atoms with E-state index in [1.807, 2.05) is 31.2 Å². The lowest BCUT2D eigenvalue weighted by Gasteiger charge is -2.01. The zero-order chi connectivity index (χ0) is 7.56. The number of benzene rings is 1. The first-order valence-corrected chi connectivity index (χ1v) is 3.28. The number of hydrogen-bond donors (Lipinski definition) is 0. The zero-order valence-electron chi connectivity index (χ0n) is 6.22. The van der Waals surface area contributed by atoms with Gasteiger partial charge in [0.05, 0.1) is 0 Å². The monoisotopic (exact) mass is 131 g/mol. The molecule has 0 heterocycles. The van der Waals surface area contributed by atoms with E-state index in [2.05, 4.69) is 13.5 Å². The van der Waals surface area contributed by atoms with Gasteiger partial charge in [0.1, 0.15) is 0 Å². The predicted octanol–water partition coefficient (Wildman–Crippen LogP) is 2.90. The second kappa shape index (κ2) is 2.70. The van der Waals surface area contributed by atoms with Crippen LogP contribution in [0, 0.1) is 6.92 Å². The van der Waals surface area contributed by atoms with Gasteiger partial charge >= 0.3 is 0 Å². The SMILES string of the molecule is [CH2]c1ccccc1C(=C)C. The van der Waals surface area contributed by atoms with Crippen molar-refractivity contribution in [1.82, 2.24) is 0 Å². The standard InChI is InChI=1S/C10H11/c1-8(2)10-7-5-4-6-9(10)3/h4-7H,1,3H2,2H3. The summed E-state index contributed by atoms with van der Waals surface area (Å²) in [5.74, 6) is 0. The molecule has 10 heavy (non-hydrogen) atoms. The van der Waals surface area contributed by atoms with Crippen LogP contribution in [0.5, 0.6) is 0 Å². The van der Waals surface area contributed by atoms with Crippen molar-refractivity contribution in [2.24, 2.45) is 0 Å². The molecule has 1 rings (SSSR count). The van der Waals surface area contributed by atoms with E-state index >= 15 is 0 Å². The molecule has 0 aliphatic rings. The van der Waals surface area contributed by atoms with Gasteiger partial charge < -0.3 is 0 Å². The quantitative estimate of drug-likeness (QED) is 0.549. The van der Waals surface area contributed by atoms with Gasteiger partial charge in [-0.15, -0.1) is 0 Å². The van der Waals surface area contributed by atoms with Crippen LogP contribution in [0.3, 0.4) is 0 Å². The van der Waals surface area contributed by atoms with Crippen molar-refractivity contribution in [1.29, 1.82) is 0 Å². The average Bonchev–Trinajstić information content (AvgIpc) is 1.88. The summed E-state index contributed by atoms with van der Waals surface area (Å²) in [5, 5.41) is 0. The first-order chi connectivity index (χ1) is 4.72. The van der Waals surface area contributed by atoms with Crippen LogP contribution in [0.15, 0.2) is 30.8 Å². The lowest BCUT2D eigenvalue weighted by atomic mass is 10.0. The summed E-state index contributed by atoms with van der Waals surface area (Å²) in [5.41, 5.74) is 3.28. The Bertz CT molecular complexity index is 246. The van der Waals surface area contributed by atoms with E-state index < -0.39 is 0 Å². The van der Waals surface area contributed by atoms with E-state index in [9.17, 15) is 0 Å². The molecule has 0 saturated carbocycles. The Morgan fingerprint density at radius 3 is 2.30 bits per heavy atom. The molecule has 0 heteroatoms. The molecule has 1 aromatic rings. The molecule has 0 spiro atoms. The molecule has 0 unspecified atom stereocenters. The first kappa shape index (κ1) is 7.07. The van der Waals surface area contributed by atoms with Crippen molar-refractivity contribution in [2.75, 3.05) is 0 Å². The fourth-order valence-corrected chi connectivity index (χ4v) is 0.937. The Morgan fingerprint density at radius 1 is 1.30 bits per heavy atom. The molecule has 0 aliphatic heterocycles. The molecule has 0 N–H and O–H groups in total. The summed E-state index contributed by atoms with van der Waals surface area (Å²) in [7, 11) is 0. The molecule has 51 valence electrons. The Labute approximate surface area is 62.2 Å².